The smallest absolute Gasteiger partial charge is 0.336 e. The molecule has 1 saturated heterocycles. The van der Waals surface area contributed by atoms with Crippen LogP contribution in [0.4, 0.5) is 10.5 Å². The second-order valence-electron chi connectivity index (χ2n) is 7.79. The molecule has 9 nitrogen and oxygen atoms in total. The zero-order chi connectivity index (χ0) is 26.5. The molecular weight excluding hydrogens is 500 g/mol. The van der Waals surface area contributed by atoms with E-state index in [1.165, 1.54) is 39.5 Å². The van der Waals surface area contributed by atoms with Crippen molar-refractivity contribution in [2.75, 3.05) is 26.2 Å². The number of hydrogen-bond donors (Lipinski definition) is 1. The van der Waals surface area contributed by atoms with Crippen LogP contribution in [0, 0.1) is 0 Å². The number of nitrogens with zero attached hydrogens (tertiary/aromatic N) is 1. The van der Waals surface area contributed by atoms with Gasteiger partial charge in [0.1, 0.15) is 35.2 Å². The first-order chi connectivity index (χ1) is 17.9. The number of amides is 4. The fourth-order valence-corrected chi connectivity index (χ4v) is 3.90. The van der Waals surface area contributed by atoms with Crippen LogP contribution >= 0.6 is 11.6 Å². The molecule has 1 heterocycles. The number of anilines is 1. The second kappa shape index (κ2) is 11.0. The molecule has 190 valence electrons. The second-order valence-corrected chi connectivity index (χ2v) is 8.20. The van der Waals surface area contributed by atoms with Crippen LogP contribution in [0.15, 0.2) is 66.2 Å². The number of methoxy groups -OCH3 is 3. The third-order valence-corrected chi connectivity index (χ3v) is 5.85. The number of carbonyl (C=O) groups excluding carboxylic acids is 3. The zero-order valence-electron chi connectivity index (χ0n) is 20.2. The first-order valence-electron chi connectivity index (χ1n) is 11.0. The van der Waals surface area contributed by atoms with Gasteiger partial charge in [0.15, 0.2) is 0 Å². The minimum Gasteiger partial charge on any atom is -0.497 e. The Balaban J connectivity index is 1.74. The number of imide groups is 2. The number of rotatable bonds is 8. The normalized spacial score (nSPS) is 14.4. The van der Waals surface area contributed by atoms with Gasteiger partial charge in [-0.05, 0) is 23.8 Å². The van der Waals surface area contributed by atoms with E-state index in [-0.39, 0.29) is 34.4 Å². The Hall–Kier alpha value is -4.50. The molecule has 4 amide bonds. The first-order valence-corrected chi connectivity index (χ1v) is 11.4. The molecule has 3 aromatic carbocycles. The van der Waals surface area contributed by atoms with Gasteiger partial charge in [-0.1, -0.05) is 41.9 Å². The fraction of sp³-hybridized carbons (Fsp3) is 0.148. The summed E-state index contributed by atoms with van der Waals surface area (Å²) in [5, 5.41) is 2.42. The van der Waals surface area contributed by atoms with Gasteiger partial charge in [0.05, 0.1) is 32.0 Å². The molecule has 37 heavy (non-hydrogen) atoms. The van der Waals surface area contributed by atoms with Gasteiger partial charge in [0.2, 0.25) is 0 Å². The Morgan fingerprint density at radius 1 is 0.865 bits per heavy atom. The molecule has 1 fully saturated rings. The minimum absolute atomic E-state index is 0.0555. The lowest BCUT2D eigenvalue weighted by atomic mass is 10.1. The predicted molar refractivity (Wildman–Crippen MR) is 137 cm³/mol. The molecular formula is C27H23ClN2O7. The van der Waals surface area contributed by atoms with Crippen LogP contribution in [0.3, 0.4) is 0 Å². The van der Waals surface area contributed by atoms with E-state index in [9.17, 15) is 14.4 Å². The van der Waals surface area contributed by atoms with Crippen LogP contribution in [0.2, 0.25) is 5.02 Å². The van der Waals surface area contributed by atoms with Crippen molar-refractivity contribution < 1.29 is 33.3 Å². The van der Waals surface area contributed by atoms with Crippen LogP contribution in [0.25, 0.3) is 6.08 Å². The standard InChI is InChI=1S/C27H23ClN2O7/c1-34-18-10-9-17(22(12-18)37-15-16-7-5-4-6-8-16)11-19-25(31)29-27(33)30(26(19)32)21-14-23(35-2)20(28)13-24(21)36-3/h4-14H,15H2,1-3H3,(H,29,31,33)/b19-11+. The van der Waals surface area contributed by atoms with Crippen molar-refractivity contribution in [3.63, 3.8) is 0 Å². The summed E-state index contributed by atoms with van der Waals surface area (Å²) < 4.78 is 21.8. The summed E-state index contributed by atoms with van der Waals surface area (Å²) in [5.74, 6) is -0.450. The van der Waals surface area contributed by atoms with Crippen molar-refractivity contribution in [2.24, 2.45) is 0 Å². The Morgan fingerprint density at radius 3 is 2.27 bits per heavy atom. The van der Waals surface area contributed by atoms with Gasteiger partial charge in [-0.25, -0.2) is 9.69 Å². The Kier molecular flexibility index (Phi) is 7.64. The molecule has 4 rings (SSSR count). The Bertz CT molecular complexity index is 1390. The van der Waals surface area contributed by atoms with Gasteiger partial charge in [-0.15, -0.1) is 0 Å². The molecule has 0 unspecified atom stereocenters. The number of barbiturate groups is 1. The molecule has 0 atom stereocenters. The molecule has 10 heteroatoms. The maximum absolute atomic E-state index is 13.5. The SMILES string of the molecule is COc1ccc(/C=C2\C(=O)NC(=O)N(c3cc(OC)c(Cl)cc3OC)C2=O)c(OCc2ccccc2)c1. The third kappa shape index (κ3) is 5.36. The number of carbonyl (C=O) groups is 3. The lowest BCUT2D eigenvalue weighted by molar-refractivity contribution is -0.122. The number of urea groups is 1. The molecule has 0 radical (unpaired) electrons. The monoisotopic (exact) mass is 522 g/mol. The van der Waals surface area contributed by atoms with E-state index in [0.717, 1.165) is 10.5 Å². The van der Waals surface area contributed by atoms with Gasteiger partial charge in [-0.2, -0.15) is 0 Å². The summed E-state index contributed by atoms with van der Waals surface area (Å²) in [6.45, 7) is 0.247. The van der Waals surface area contributed by atoms with Crippen LogP contribution in [-0.4, -0.2) is 39.2 Å². The van der Waals surface area contributed by atoms with Gasteiger partial charge < -0.3 is 18.9 Å². The van der Waals surface area contributed by atoms with Gasteiger partial charge >= 0.3 is 6.03 Å². The number of halogens is 1. The largest absolute Gasteiger partial charge is 0.497 e. The lowest BCUT2D eigenvalue weighted by Crippen LogP contribution is -2.54. The summed E-state index contributed by atoms with van der Waals surface area (Å²) in [6.07, 6.45) is 1.36. The highest BCUT2D eigenvalue weighted by Crippen LogP contribution is 2.39. The highest BCUT2D eigenvalue weighted by atomic mass is 35.5. The van der Waals surface area contributed by atoms with E-state index in [1.54, 1.807) is 18.2 Å². The van der Waals surface area contributed by atoms with Gasteiger partial charge in [0, 0.05) is 23.8 Å². The van der Waals surface area contributed by atoms with Gasteiger partial charge in [-0.3, -0.25) is 14.9 Å². The average molecular weight is 523 g/mol. The van der Waals surface area contributed by atoms with Crippen LogP contribution in [-0.2, 0) is 16.2 Å². The van der Waals surface area contributed by atoms with E-state index in [2.05, 4.69) is 5.32 Å². The summed E-state index contributed by atoms with van der Waals surface area (Å²) in [4.78, 5) is 39.8. The summed E-state index contributed by atoms with van der Waals surface area (Å²) in [7, 11) is 4.28. The van der Waals surface area contributed by atoms with E-state index in [0.29, 0.717) is 17.1 Å². The molecule has 0 bridgehead atoms. The maximum atomic E-state index is 13.5. The molecule has 1 N–H and O–H groups in total. The molecule has 0 spiro atoms. The van der Waals surface area contributed by atoms with Crippen LogP contribution in [0.5, 0.6) is 23.0 Å². The summed E-state index contributed by atoms with van der Waals surface area (Å²) in [6, 6.07) is 16.3. The number of hydrogen-bond acceptors (Lipinski definition) is 7. The number of ether oxygens (including phenoxy) is 4. The third-order valence-electron chi connectivity index (χ3n) is 5.55. The van der Waals surface area contributed by atoms with Crippen LogP contribution < -0.4 is 29.2 Å². The highest BCUT2D eigenvalue weighted by Gasteiger charge is 2.38. The van der Waals surface area contributed by atoms with Crippen LogP contribution in [0.1, 0.15) is 11.1 Å². The predicted octanol–water partition coefficient (Wildman–Crippen LogP) is 4.61. The quantitative estimate of drug-likeness (QED) is 0.340. The van der Waals surface area contributed by atoms with Crippen molar-refractivity contribution in [2.45, 2.75) is 6.61 Å². The van der Waals surface area contributed by atoms with E-state index < -0.39 is 17.8 Å². The Morgan fingerprint density at radius 2 is 1.59 bits per heavy atom. The van der Waals surface area contributed by atoms with Gasteiger partial charge in [0.25, 0.3) is 11.8 Å². The van der Waals surface area contributed by atoms with Crippen molar-refractivity contribution in [3.8, 4) is 23.0 Å². The van der Waals surface area contributed by atoms with E-state index in [4.69, 9.17) is 30.5 Å². The lowest BCUT2D eigenvalue weighted by Gasteiger charge is -2.28. The van der Waals surface area contributed by atoms with Crippen molar-refractivity contribution in [3.05, 3.63) is 82.4 Å². The average Bonchev–Trinajstić information content (AvgIpc) is 2.91. The topological polar surface area (TPSA) is 103 Å². The molecule has 3 aromatic rings. The highest BCUT2D eigenvalue weighted by molar-refractivity contribution is 6.39. The summed E-state index contributed by atoms with van der Waals surface area (Å²) in [5.41, 5.74) is 1.13. The van der Waals surface area contributed by atoms with E-state index in [1.807, 2.05) is 30.3 Å². The fourth-order valence-electron chi connectivity index (χ4n) is 3.67. The Labute approximate surface area is 218 Å². The van der Waals surface area contributed by atoms with Crippen molar-refractivity contribution in [1.82, 2.24) is 5.32 Å². The van der Waals surface area contributed by atoms with E-state index >= 15 is 0 Å². The molecule has 0 aromatic heterocycles. The van der Waals surface area contributed by atoms with Crippen molar-refractivity contribution >= 4 is 41.2 Å². The molecule has 1 aliphatic heterocycles. The number of benzene rings is 3. The molecule has 1 aliphatic rings. The minimum atomic E-state index is -0.940. The number of nitrogens with one attached hydrogen (secondary N) is 1. The molecule has 0 saturated carbocycles. The summed E-state index contributed by atoms with van der Waals surface area (Å²) >= 11 is 6.17. The van der Waals surface area contributed by atoms with Crippen molar-refractivity contribution in [1.29, 1.82) is 0 Å². The first kappa shape index (κ1) is 25.6. The molecule has 0 aliphatic carbocycles. The zero-order valence-corrected chi connectivity index (χ0v) is 21.0. The maximum Gasteiger partial charge on any atom is 0.336 e.